The monoisotopic (exact) mass is 259 g/mol. The summed E-state index contributed by atoms with van der Waals surface area (Å²) >= 11 is 0. The number of rotatable bonds is 4. The van der Waals surface area contributed by atoms with Crippen LogP contribution in [0.15, 0.2) is 29.2 Å². The van der Waals surface area contributed by atoms with E-state index >= 15 is 0 Å². The Balaban J connectivity index is 1.70. The van der Waals surface area contributed by atoms with Crippen LogP contribution in [0.4, 0.5) is 5.82 Å². The van der Waals surface area contributed by atoms with Crippen molar-refractivity contribution < 1.29 is 0 Å². The van der Waals surface area contributed by atoms with Gasteiger partial charge in [-0.05, 0) is 18.2 Å². The van der Waals surface area contributed by atoms with E-state index in [9.17, 15) is 4.79 Å². The number of aromatic amines is 1. The number of aromatic nitrogens is 6. The number of fused-ring (bicyclic) bond motifs is 1. The number of aryl methyl sites for hydroxylation is 1. The van der Waals surface area contributed by atoms with Crippen LogP contribution in [0.3, 0.4) is 0 Å². The molecule has 8 nitrogen and oxygen atoms in total. The molecule has 0 saturated carbocycles. The van der Waals surface area contributed by atoms with Crippen molar-refractivity contribution in [3.63, 3.8) is 0 Å². The van der Waals surface area contributed by atoms with Crippen LogP contribution in [0.1, 0.15) is 5.69 Å². The summed E-state index contributed by atoms with van der Waals surface area (Å²) < 4.78 is 3.06. The van der Waals surface area contributed by atoms with Crippen molar-refractivity contribution >= 4 is 11.5 Å². The van der Waals surface area contributed by atoms with Gasteiger partial charge in [-0.25, -0.2) is 9.89 Å². The van der Waals surface area contributed by atoms with E-state index in [1.54, 1.807) is 18.3 Å². The van der Waals surface area contributed by atoms with Gasteiger partial charge < -0.3 is 5.32 Å². The number of H-pyrrole nitrogens is 1. The lowest BCUT2D eigenvalue weighted by atomic mass is 10.3. The first-order valence-corrected chi connectivity index (χ1v) is 5.89. The van der Waals surface area contributed by atoms with Gasteiger partial charge in [0.15, 0.2) is 5.65 Å². The fourth-order valence-electron chi connectivity index (χ4n) is 1.86. The van der Waals surface area contributed by atoms with Crippen LogP contribution in [-0.2, 0) is 13.5 Å². The second-order valence-electron chi connectivity index (χ2n) is 4.14. The first-order chi connectivity index (χ1) is 9.24. The lowest BCUT2D eigenvalue weighted by Gasteiger charge is -2.05. The minimum absolute atomic E-state index is 0.342. The summed E-state index contributed by atoms with van der Waals surface area (Å²) in [5.41, 5.74) is 1.29. The quantitative estimate of drug-likeness (QED) is 0.677. The van der Waals surface area contributed by atoms with E-state index in [1.165, 1.54) is 4.52 Å². The van der Waals surface area contributed by atoms with E-state index in [1.807, 2.05) is 17.8 Å². The zero-order valence-corrected chi connectivity index (χ0v) is 10.4. The molecule has 0 aliphatic rings. The highest BCUT2D eigenvalue weighted by molar-refractivity contribution is 5.42. The maximum atomic E-state index is 11.4. The summed E-state index contributed by atoms with van der Waals surface area (Å²) in [6, 6.07) is 5.50. The Labute approximate surface area is 108 Å². The van der Waals surface area contributed by atoms with Gasteiger partial charge in [-0.2, -0.15) is 14.7 Å². The average molecular weight is 259 g/mol. The lowest BCUT2D eigenvalue weighted by Crippen LogP contribution is -2.15. The Morgan fingerprint density at radius 1 is 1.37 bits per heavy atom. The predicted molar refractivity (Wildman–Crippen MR) is 69.0 cm³/mol. The minimum Gasteiger partial charge on any atom is -0.368 e. The summed E-state index contributed by atoms with van der Waals surface area (Å²) in [4.78, 5) is 11.4. The van der Waals surface area contributed by atoms with Gasteiger partial charge in [0.05, 0.1) is 0 Å². The van der Waals surface area contributed by atoms with Crippen LogP contribution >= 0.6 is 0 Å². The Morgan fingerprint density at radius 2 is 2.26 bits per heavy atom. The van der Waals surface area contributed by atoms with Gasteiger partial charge in [-0.15, -0.1) is 5.10 Å². The van der Waals surface area contributed by atoms with Crippen molar-refractivity contribution in [2.75, 3.05) is 11.9 Å². The molecule has 0 fully saturated rings. The topological polar surface area (TPSA) is 92.9 Å². The number of nitrogens with one attached hydrogen (secondary N) is 2. The third kappa shape index (κ3) is 2.19. The van der Waals surface area contributed by atoms with Crippen molar-refractivity contribution in [3.05, 3.63) is 40.6 Å². The molecule has 3 rings (SSSR count). The fourth-order valence-corrected chi connectivity index (χ4v) is 1.86. The van der Waals surface area contributed by atoms with Crippen molar-refractivity contribution in [2.24, 2.45) is 7.05 Å². The average Bonchev–Trinajstić information content (AvgIpc) is 2.98. The zero-order valence-electron chi connectivity index (χ0n) is 10.4. The Morgan fingerprint density at radius 3 is 3.05 bits per heavy atom. The van der Waals surface area contributed by atoms with Crippen LogP contribution < -0.4 is 11.0 Å². The van der Waals surface area contributed by atoms with Crippen molar-refractivity contribution in [3.8, 4) is 0 Å². The lowest BCUT2D eigenvalue weighted by molar-refractivity contribution is 0.710. The summed E-state index contributed by atoms with van der Waals surface area (Å²) in [6.07, 6.45) is 2.60. The molecule has 8 heteroatoms. The van der Waals surface area contributed by atoms with E-state index in [0.717, 1.165) is 12.1 Å². The SMILES string of the molecule is Cn1nccc1CCNc1ccc2n[nH]c(=O)n2n1. The van der Waals surface area contributed by atoms with Gasteiger partial charge in [0.2, 0.25) is 0 Å². The second kappa shape index (κ2) is 4.56. The van der Waals surface area contributed by atoms with Gasteiger partial charge in [0, 0.05) is 31.9 Å². The third-order valence-electron chi connectivity index (χ3n) is 2.88. The molecule has 3 aromatic heterocycles. The standard InChI is InChI=1S/C11H13N7O/c1-17-8(5-7-13-17)4-6-12-9-2-3-10-14-15-11(19)18(10)16-9/h2-3,5,7H,4,6H2,1H3,(H,12,16)(H,15,19). The molecule has 0 spiro atoms. The van der Waals surface area contributed by atoms with E-state index in [4.69, 9.17) is 0 Å². The highest BCUT2D eigenvalue weighted by atomic mass is 16.2. The number of hydrogen-bond donors (Lipinski definition) is 2. The molecule has 3 heterocycles. The summed E-state index contributed by atoms with van der Waals surface area (Å²) in [7, 11) is 1.91. The largest absolute Gasteiger partial charge is 0.368 e. The van der Waals surface area contributed by atoms with Crippen molar-refractivity contribution in [2.45, 2.75) is 6.42 Å². The molecule has 0 atom stereocenters. The molecule has 0 unspecified atom stereocenters. The zero-order chi connectivity index (χ0) is 13.2. The van der Waals surface area contributed by atoms with Gasteiger partial charge in [-0.3, -0.25) is 4.68 Å². The molecular formula is C11H13N7O. The molecule has 3 aromatic rings. The molecule has 98 valence electrons. The summed E-state index contributed by atoms with van der Waals surface area (Å²) in [5.74, 6) is 0.637. The molecule has 0 radical (unpaired) electrons. The highest BCUT2D eigenvalue weighted by Gasteiger charge is 2.03. The maximum absolute atomic E-state index is 11.4. The number of nitrogens with zero attached hydrogens (tertiary/aromatic N) is 5. The molecular weight excluding hydrogens is 246 g/mol. The van der Waals surface area contributed by atoms with Gasteiger partial charge in [0.1, 0.15) is 5.82 Å². The fraction of sp³-hybridized carbons (Fsp3) is 0.273. The second-order valence-corrected chi connectivity index (χ2v) is 4.14. The smallest absolute Gasteiger partial charge is 0.364 e. The van der Waals surface area contributed by atoms with Gasteiger partial charge in [0.25, 0.3) is 0 Å². The molecule has 0 amide bonds. The number of hydrogen-bond acceptors (Lipinski definition) is 5. The van der Waals surface area contributed by atoms with Crippen molar-refractivity contribution in [1.29, 1.82) is 0 Å². The minimum atomic E-state index is -0.342. The van der Waals surface area contributed by atoms with Crippen LogP contribution in [0, 0.1) is 0 Å². The maximum Gasteiger partial charge on any atom is 0.364 e. The first-order valence-electron chi connectivity index (χ1n) is 5.89. The molecule has 2 N–H and O–H groups in total. The van der Waals surface area contributed by atoms with E-state index < -0.39 is 0 Å². The van der Waals surface area contributed by atoms with Crippen LogP contribution in [0.25, 0.3) is 5.65 Å². The molecule has 0 aliphatic carbocycles. The van der Waals surface area contributed by atoms with E-state index in [-0.39, 0.29) is 5.69 Å². The molecule has 0 saturated heterocycles. The Kier molecular flexibility index (Phi) is 2.75. The van der Waals surface area contributed by atoms with Crippen LogP contribution in [-0.4, -0.2) is 36.1 Å². The summed E-state index contributed by atoms with van der Waals surface area (Å²) in [5, 5.41) is 17.6. The normalized spacial score (nSPS) is 11.0. The number of anilines is 1. The van der Waals surface area contributed by atoms with Crippen LogP contribution in [0.5, 0.6) is 0 Å². The van der Waals surface area contributed by atoms with Crippen molar-refractivity contribution in [1.82, 2.24) is 29.6 Å². The molecule has 19 heavy (non-hydrogen) atoms. The Hall–Kier alpha value is -2.64. The molecule has 0 bridgehead atoms. The van der Waals surface area contributed by atoms with E-state index in [2.05, 4.69) is 25.7 Å². The van der Waals surface area contributed by atoms with Gasteiger partial charge >= 0.3 is 5.69 Å². The molecule has 0 aromatic carbocycles. The summed E-state index contributed by atoms with van der Waals surface area (Å²) in [6.45, 7) is 0.713. The molecule has 0 aliphatic heterocycles. The Bertz CT molecular complexity index is 754. The van der Waals surface area contributed by atoms with Gasteiger partial charge in [-0.1, -0.05) is 0 Å². The predicted octanol–water partition coefficient (Wildman–Crippen LogP) is -0.194. The van der Waals surface area contributed by atoms with Crippen LogP contribution in [0.2, 0.25) is 0 Å². The first kappa shape index (κ1) is 11.5. The highest BCUT2D eigenvalue weighted by Crippen LogP contribution is 2.04. The van der Waals surface area contributed by atoms with E-state index in [0.29, 0.717) is 18.0 Å². The third-order valence-corrected chi connectivity index (χ3v) is 2.88.